The van der Waals surface area contributed by atoms with Crippen LogP contribution in [0, 0.1) is 0 Å². The number of aliphatic hydroxyl groups is 1. The smallest absolute Gasteiger partial charge is 0.255 e. The van der Waals surface area contributed by atoms with E-state index in [-0.39, 0.29) is 17.6 Å². The lowest BCUT2D eigenvalue weighted by atomic mass is 9.75. The monoisotopic (exact) mass is 367 g/mol. The van der Waals surface area contributed by atoms with E-state index in [1.165, 1.54) is 0 Å². The maximum Gasteiger partial charge on any atom is 0.255 e. The van der Waals surface area contributed by atoms with E-state index in [1.54, 1.807) is 14.2 Å². The Labute approximate surface area is 159 Å². The predicted molar refractivity (Wildman–Crippen MR) is 102 cm³/mol. The number of methoxy groups -OCH3 is 2. The average molecular weight is 367 g/mol. The lowest BCUT2D eigenvalue weighted by molar-refractivity contribution is 0.0118. The minimum atomic E-state index is -0.349. The summed E-state index contributed by atoms with van der Waals surface area (Å²) in [5, 5.41) is 10.0. The van der Waals surface area contributed by atoms with Crippen molar-refractivity contribution in [1.29, 1.82) is 0 Å². The number of carbonyl (C=O) groups excluding carboxylic acids is 1. The number of fused-ring (bicyclic) bond motifs is 2. The molecule has 1 N–H and O–H groups in total. The van der Waals surface area contributed by atoms with E-state index in [0.717, 1.165) is 35.3 Å². The Morgan fingerprint density at radius 3 is 2.56 bits per heavy atom. The van der Waals surface area contributed by atoms with Crippen LogP contribution in [-0.2, 0) is 12.1 Å². The number of rotatable bonds is 4. The molecule has 1 aliphatic heterocycles. The van der Waals surface area contributed by atoms with E-state index in [9.17, 15) is 9.90 Å². The summed E-state index contributed by atoms with van der Waals surface area (Å²) in [6.45, 7) is 0.469. The van der Waals surface area contributed by atoms with Crippen molar-refractivity contribution in [2.45, 2.75) is 43.9 Å². The van der Waals surface area contributed by atoms with Gasteiger partial charge in [0.25, 0.3) is 5.91 Å². The number of benzene rings is 2. The Morgan fingerprint density at radius 2 is 1.85 bits per heavy atom. The minimum Gasteiger partial charge on any atom is -0.497 e. The van der Waals surface area contributed by atoms with Gasteiger partial charge in [0, 0.05) is 17.2 Å². The van der Waals surface area contributed by atoms with E-state index in [2.05, 4.69) is 6.07 Å². The fourth-order valence-corrected chi connectivity index (χ4v) is 4.56. The quantitative estimate of drug-likeness (QED) is 0.899. The van der Waals surface area contributed by atoms with Gasteiger partial charge < -0.3 is 19.5 Å². The van der Waals surface area contributed by atoms with E-state index < -0.39 is 0 Å². The number of amides is 1. The molecule has 0 saturated heterocycles. The molecule has 0 bridgehead atoms. The van der Waals surface area contributed by atoms with Crippen molar-refractivity contribution < 1.29 is 19.4 Å². The van der Waals surface area contributed by atoms with Crippen LogP contribution in [0.15, 0.2) is 42.5 Å². The summed E-state index contributed by atoms with van der Waals surface area (Å²) in [6, 6.07) is 13.6. The van der Waals surface area contributed by atoms with Gasteiger partial charge >= 0.3 is 0 Å². The molecule has 1 spiro atoms. The van der Waals surface area contributed by atoms with Crippen LogP contribution in [0.2, 0.25) is 0 Å². The SMILES string of the molecule is COc1ccc(CN2C(=O)c3ccccc3C23CCC(O)CC3)c(OC)c1. The van der Waals surface area contributed by atoms with Gasteiger partial charge in [-0.2, -0.15) is 0 Å². The van der Waals surface area contributed by atoms with Gasteiger partial charge in [0.15, 0.2) is 0 Å². The maximum absolute atomic E-state index is 13.3. The summed E-state index contributed by atoms with van der Waals surface area (Å²) >= 11 is 0. The topological polar surface area (TPSA) is 59.0 Å². The molecule has 4 rings (SSSR count). The first kappa shape index (κ1) is 17.9. The highest BCUT2D eigenvalue weighted by atomic mass is 16.5. The number of hydrogen-bond donors (Lipinski definition) is 1. The Bertz CT molecular complexity index is 855. The molecule has 0 aromatic heterocycles. The molecular formula is C22H25NO4. The largest absolute Gasteiger partial charge is 0.497 e. The van der Waals surface area contributed by atoms with Crippen LogP contribution < -0.4 is 9.47 Å². The predicted octanol–water partition coefficient (Wildman–Crippen LogP) is 3.49. The second-order valence-corrected chi connectivity index (χ2v) is 7.38. The molecule has 2 aromatic carbocycles. The van der Waals surface area contributed by atoms with Crippen LogP contribution >= 0.6 is 0 Å². The normalized spacial score (nSPS) is 24.2. The van der Waals surface area contributed by atoms with Crippen LogP contribution in [0.3, 0.4) is 0 Å². The van der Waals surface area contributed by atoms with Crippen molar-refractivity contribution in [3.8, 4) is 11.5 Å². The van der Waals surface area contributed by atoms with Crippen molar-refractivity contribution >= 4 is 5.91 Å². The van der Waals surface area contributed by atoms with Crippen LogP contribution in [0.5, 0.6) is 11.5 Å². The molecule has 1 heterocycles. The number of aliphatic hydroxyl groups excluding tert-OH is 1. The fourth-order valence-electron chi connectivity index (χ4n) is 4.56. The molecule has 0 atom stereocenters. The molecule has 2 aliphatic rings. The Kier molecular flexibility index (Phi) is 4.56. The van der Waals surface area contributed by atoms with Gasteiger partial charge in [0.2, 0.25) is 0 Å². The summed E-state index contributed by atoms with van der Waals surface area (Å²) in [5.74, 6) is 1.49. The zero-order valence-electron chi connectivity index (χ0n) is 15.8. The van der Waals surface area contributed by atoms with E-state index in [4.69, 9.17) is 9.47 Å². The van der Waals surface area contributed by atoms with Crippen LogP contribution in [0.1, 0.15) is 47.2 Å². The molecule has 142 valence electrons. The third kappa shape index (κ3) is 2.86. The molecule has 27 heavy (non-hydrogen) atoms. The summed E-state index contributed by atoms with van der Waals surface area (Å²) in [4.78, 5) is 15.3. The second-order valence-electron chi connectivity index (χ2n) is 7.38. The Morgan fingerprint density at radius 1 is 1.11 bits per heavy atom. The summed E-state index contributed by atoms with van der Waals surface area (Å²) in [5.41, 5.74) is 2.47. The molecule has 0 radical (unpaired) electrons. The van der Waals surface area contributed by atoms with Gasteiger partial charge in [-0.05, 0) is 49.4 Å². The van der Waals surface area contributed by atoms with E-state index in [0.29, 0.717) is 25.1 Å². The standard InChI is InChI=1S/C22H25NO4/c1-26-17-8-7-15(20(13-17)27-2)14-23-21(25)18-5-3-4-6-19(18)22(23)11-9-16(24)10-12-22/h3-8,13,16,24H,9-12,14H2,1-2H3. The Balaban J connectivity index is 1.74. The third-order valence-corrected chi connectivity index (χ3v) is 6.03. The molecule has 5 heteroatoms. The first-order valence-electron chi connectivity index (χ1n) is 9.39. The molecule has 2 aromatic rings. The molecule has 1 aliphatic carbocycles. The molecule has 5 nitrogen and oxygen atoms in total. The lowest BCUT2D eigenvalue weighted by Crippen LogP contribution is -2.46. The highest BCUT2D eigenvalue weighted by Gasteiger charge is 2.50. The highest BCUT2D eigenvalue weighted by Crippen LogP contribution is 2.49. The number of hydrogen-bond acceptors (Lipinski definition) is 4. The first-order chi connectivity index (χ1) is 13.1. The molecule has 1 saturated carbocycles. The van der Waals surface area contributed by atoms with Gasteiger partial charge in [-0.15, -0.1) is 0 Å². The number of nitrogens with zero attached hydrogens (tertiary/aromatic N) is 1. The molecular weight excluding hydrogens is 342 g/mol. The van der Waals surface area contributed by atoms with Gasteiger partial charge in [-0.25, -0.2) is 0 Å². The van der Waals surface area contributed by atoms with Gasteiger partial charge in [0.05, 0.1) is 32.4 Å². The van der Waals surface area contributed by atoms with E-state index >= 15 is 0 Å². The van der Waals surface area contributed by atoms with Crippen molar-refractivity contribution in [1.82, 2.24) is 4.90 Å². The van der Waals surface area contributed by atoms with Crippen molar-refractivity contribution in [2.75, 3.05) is 14.2 Å². The van der Waals surface area contributed by atoms with E-state index in [1.807, 2.05) is 41.3 Å². The second kappa shape index (κ2) is 6.89. The molecule has 1 amide bonds. The summed E-state index contributed by atoms with van der Waals surface area (Å²) in [7, 11) is 3.25. The number of carbonyl (C=O) groups is 1. The van der Waals surface area contributed by atoms with Gasteiger partial charge in [-0.3, -0.25) is 4.79 Å². The number of ether oxygens (including phenoxy) is 2. The first-order valence-corrected chi connectivity index (χ1v) is 9.39. The molecule has 0 unspecified atom stereocenters. The van der Waals surface area contributed by atoms with Crippen molar-refractivity contribution in [3.63, 3.8) is 0 Å². The third-order valence-electron chi connectivity index (χ3n) is 6.03. The maximum atomic E-state index is 13.3. The van der Waals surface area contributed by atoms with Crippen LogP contribution in [-0.4, -0.2) is 36.2 Å². The summed E-state index contributed by atoms with van der Waals surface area (Å²) < 4.78 is 10.8. The summed E-state index contributed by atoms with van der Waals surface area (Å²) in [6.07, 6.45) is 2.68. The lowest BCUT2D eigenvalue weighted by Gasteiger charge is -2.43. The molecule has 1 fully saturated rings. The van der Waals surface area contributed by atoms with Gasteiger partial charge in [0.1, 0.15) is 11.5 Å². The zero-order valence-corrected chi connectivity index (χ0v) is 15.8. The van der Waals surface area contributed by atoms with Crippen molar-refractivity contribution in [3.05, 3.63) is 59.2 Å². The zero-order chi connectivity index (χ0) is 19.0. The van der Waals surface area contributed by atoms with Crippen LogP contribution in [0.25, 0.3) is 0 Å². The fraction of sp³-hybridized carbons (Fsp3) is 0.409. The van der Waals surface area contributed by atoms with Gasteiger partial charge in [-0.1, -0.05) is 18.2 Å². The Hall–Kier alpha value is -2.53. The van der Waals surface area contributed by atoms with Crippen molar-refractivity contribution in [2.24, 2.45) is 0 Å². The highest BCUT2D eigenvalue weighted by molar-refractivity contribution is 6.00. The van der Waals surface area contributed by atoms with Crippen LogP contribution in [0.4, 0.5) is 0 Å². The minimum absolute atomic E-state index is 0.0554. The average Bonchev–Trinajstić information content (AvgIpc) is 2.93.